The second kappa shape index (κ2) is 6.62. The van der Waals surface area contributed by atoms with E-state index >= 15 is 0 Å². The smallest absolute Gasteiger partial charge is 0.244 e. The van der Waals surface area contributed by atoms with Crippen LogP contribution in [0, 0.1) is 0 Å². The summed E-state index contributed by atoms with van der Waals surface area (Å²) in [5.41, 5.74) is 8.31. The van der Waals surface area contributed by atoms with Gasteiger partial charge >= 0.3 is 0 Å². The summed E-state index contributed by atoms with van der Waals surface area (Å²) < 4.78 is 26.5. The largest absolute Gasteiger partial charge is 0.399 e. The minimum absolute atomic E-state index is 0.186. The van der Waals surface area contributed by atoms with Crippen LogP contribution in [-0.4, -0.2) is 34.5 Å². The van der Waals surface area contributed by atoms with Crippen LogP contribution in [0.25, 0.3) is 11.1 Å². The third-order valence-corrected chi connectivity index (χ3v) is 8.04. The zero-order chi connectivity index (χ0) is 17.4. The number of aliphatic hydroxyl groups is 1. The lowest BCUT2D eigenvalue weighted by atomic mass is 10.1. The number of hydrogen-bond donors (Lipinski definition) is 2. The molecule has 3 rings (SSSR count). The molecule has 24 heavy (non-hydrogen) atoms. The minimum Gasteiger partial charge on any atom is -0.399 e. The lowest BCUT2D eigenvalue weighted by Gasteiger charge is -2.30. The van der Waals surface area contributed by atoms with Gasteiger partial charge in [0.15, 0.2) is 0 Å². The van der Waals surface area contributed by atoms with E-state index in [1.165, 1.54) is 4.31 Å². The number of anilines is 1. The van der Waals surface area contributed by atoms with Gasteiger partial charge in [-0.25, -0.2) is 8.42 Å². The number of nitrogens with two attached hydrogens (primary N) is 1. The molecule has 0 saturated carbocycles. The molecule has 1 aliphatic rings. The second-order valence-corrected chi connectivity index (χ2v) is 9.78. The molecule has 0 aliphatic carbocycles. The number of benzene rings is 2. The Labute approximate surface area is 155 Å². The van der Waals surface area contributed by atoms with Crippen molar-refractivity contribution in [2.75, 3.05) is 18.9 Å². The van der Waals surface area contributed by atoms with Gasteiger partial charge in [0.1, 0.15) is 3.55 Å². The third-order valence-electron chi connectivity index (χ3n) is 4.27. The van der Waals surface area contributed by atoms with Crippen LogP contribution in [0.3, 0.4) is 0 Å². The Kier molecular flexibility index (Phi) is 4.87. The Hall–Kier alpha value is -1.16. The number of hydrogen-bond acceptors (Lipinski definition) is 4. The van der Waals surface area contributed by atoms with E-state index in [1.54, 1.807) is 24.3 Å². The molecule has 7 heteroatoms. The molecule has 0 spiro atoms. The van der Waals surface area contributed by atoms with Crippen molar-refractivity contribution in [1.82, 2.24) is 4.31 Å². The fourth-order valence-electron chi connectivity index (χ4n) is 2.98. The van der Waals surface area contributed by atoms with Gasteiger partial charge in [0.25, 0.3) is 0 Å². The molecule has 2 aromatic carbocycles. The summed E-state index contributed by atoms with van der Waals surface area (Å²) in [4.78, 5) is 0.242. The van der Waals surface area contributed by atoms with Crippen LogP contribution >= 0.6 is 22.6 Å². The Morgan fingerprint density at radius 1 is 1.17 bits per heavy atom. The fraction of sp³-hybridized carbons (Fsp3) is 0.294. The van der Waals surface area contributed by atoms with Crippen molar-refractivity contribution in [3.05, 3.63) is 48.5 Å². The summed E-state index contributed by atoms with van der Waals surface area (Å²) in [5, 5.41) is 9.60. The van der Waals surface area contributed by atoms with E-state index in [1.807, 2.05) is 46.9 Å². The van der Waals surface area contributed by atoms with Gasteiger partial charge in [0.2, 0.25) is 10.0 Å². The molecule has 0 bridgehead atoms. The van der Waals surface area contributed by atoms with Gasteiger partial charge in [-0.2, -0.15) is 4.31 Å². The number of aliphatic hydroxyl groups excluding tert-OH is 1. The minimum atomic E-state index is -3.62. The van der Waals surface area contributed by atoms with E-state index in [4.69, 9.17) is 5.73 Å². The number of rotatable bonds is 4. The lowest BCUT2D eigenvalue weighted by Crippen LogP contribution is -2.45. The first-order chi connectivity index (χ1) is 11.4. The maximum atomic E-state index is 12.9. The molecule has 1 saturated heterocycles. The summed E-state index contributed by atoms with van der Waals surface area (Å²) >= 11 is 2.05. The topological polar surface area (TPSA) is 83.6 Å². The van der Waals surface area contributed by atoms with Crippen molar-refractivity contribution < 1.29 is 13.5 Å². The van der Waals surface area contributed by atoms with Crippen molar-refractivity contribution in [3.8, 4) is 11.1 Å². The zero-order valence-electron chi connectivity index (χ0n) is 13.0. The molecular weight excluding hydrogens is 439 g/mol. The van der Waals surface area contributed by atoms with Gasteiger partial charge in [-0.15, -0.1) is 0 Å². The highest BCUT2D eigenvalue weighted by atomic mass is 127. The summed E-state index contributed by atoms with van der Waals surface area (Å²) in [6.07, 6.45) is 1.41. The van der Waals surface area contributed by atoms with Crippen molar-refractivity contribution in [2.24, 2.45) is 0 Å². The van der Waals surface area contributed by atoms with Crippen molar-refractivity contribution in [3.63, 3.8) is 0 Å². The fourth-order valence-corrected chi connectivity index (χ4v) is 6.06. The van der Waals surface area contributed by atoms with Crippen LogP contribution in [-0.2, 0) is 10.0 Å². The number of alkyl halides is 1. The molecule has 0 radical (unpaired) electrons. The summed E-state index contributed by atoms with van der Waals surface area (Å²) in [6.45, 7) is 0.247. The normalized spacial score (nSPS) is 21.9. The standard InChI is InChI=1S/C17H19IN2O3S/c18-17(12-21)9-2-10-20(17)24(22,23)16-7-5-13(6-8-16)14-3-1-4-15(19)11-14/h1,3-8,11,21H,2,9-10,12,19H2. The molecule has 0 amide bonds. The van der Waals surface area contributed by atoms with Crippen molar-refractivity contribution in [1.29, 1.82) is 0 Å². The molecule has 3 N–H and O–H groups in total. The van der Waals surface area contributed by atoms with Crippen LogP contribution in [0.15, 0.2) is 53.4 Å². The van der Waals surface area contributed by atoms with Gasteiger partial charge in [0.05, 0.1) is 11.5 Å². The predicted octanol–water partition coefficient (Wildman–Crippen LogP) is 2.84. The quantitative estimate of drug-likeness (QED) is 0.320. The zero-order valence-corrected chi connectivity index (χ0v) is 16.0. The molecule has 1 heterocycles. The molecule has 1 unspecified atom stereocenters. The average molecular weight is 458 g/mol. The second-order valence-electron chi connectivity index (χ2n) is 5.91. The Morgan fingerprint density at radius 3 is 2.50 bits per heavy atom. The summed E-state index contributed by atoms with van der Waals surface area (Å²) in [5.74, 6) is 0. The molecule has 1 atom stereocenters. The Bertz CT molecular complexity index is 839. The van der Waals surface area contributed by atoms with Crippen LogP contribution in [0.1, 0.15) is 12.8 Å². The van der Waals surface area contributed by atoms with Crippen molar-refractivity contribution in [2.45, 2.75) is 21.3 Å². The maximum absolute atomic E-state index is 12.9. The number of nitrogen functional groups attached to an aromatic ring is 1. The van der Waals surface area contributed by atoms with Gasteiger partial charge in [-0.1, -0.05) is 46.9 Å². The van der Waals surface area contributed by atoms with Crippen LogP contribution in [0.2, 0.25) is 0 Å². The molecule has 5 nitrogen and oxygen atoms in total. The molecule has 1 fully saturated rings. The highest BCUT2D eigenvalue weighted by Gasteiger charge is 2.45. The van der Waals surface area contributed by atoms with E-state index in [-0.39, 0.29) is 11.5 Å². The number of nitrogens with zero attached hydrogens (tertiary/aromatic N) is 1. The first kappa shape index (κ1) is 17.7. The summed E-state index contributed by atoms with van der Waals surface area (Å²) in [6, 6.07) is 14.3. The third kappa shape index (κ3) is 3.17. The monoisotopic (exact) mass is 458 g/mol. The predicted molar refractivity (Wildman–Crippen MR) is 103 cm³/mol. The van der Waals surface area contributed by atoms with E-state index < -0.39 is 13.6 Å². The highest BCUT2D eigenvalue weighted by molar-refractivity contribution is 14.1. The van der Waals surface area contributed by atoms with Gasteiger partial charge in [-0.05, 0) is 48.2 Å². The first-order valence-electron chi connectivity index (χ1n) is 7.65. The molecule has 128 valence electrons. The maximum Gasteiger partial charge on any atom is 0.244 e. The van der Waals surface area contributed by atoms with Crippen LogP contribution < -0.4 is 5.73 Å². The van der Waals surface area contributed by atoms with Gasteiger partial charge < -0.3 is 10.8 Å². The van der Waals surface area contributed by atoms with E-state index in [0.717, 1.165) is 17.5 Å². The van der Waals surface area contributed by atoms with E-state index in [2.05, 4.69) is 0 Å². The Morgan fingerprint density at radius 2 is 1.88 bits per heavy atom. The molecular formula is C17H19IN2O3S. The van der Waals surface area contributed by atoms with E-state index in [9.17, 15) is 13.5 Å². The number of halogens is 1. The highest BCUT2D eigenvalue weighted by Crippen LogP contribution is 2.39. The van der Waals surface area contributed by atoms with Gasteiger partial charge in [0, 0.05) is 12.2 Å². The van der Waals surface area contributed by atoms with Crippen LogP contribution in [0.5, 0.6) is 0 Å². The van der Waals surface area contributed by atoms with Crippen molar-refractivity contribution >= 4 is 38.3 Å². The SMILES string of the molecule is Nc1cccc(-c2ccc(S(=O)(=O)N3CCCC3(I)CO)cc2)c1. The molecule has 2 aromatic rings. The Balaban J connectivity index is 1.93. The molecule has 1 aliphatic heterocycles. The van der Waals surface area contributed by atoms with Gasteiger partial charge in [-0.3, -0.25) is 0 Å². The van der Waals surface area contributed by atoms with E-state index in [0.29, 0.717) is 18.7 Å². The lowest BCUT2D eigenvalue weighted by molar-refractivity contribution is 0.202. The first-order valence-corrected chi connectivity index (χ1v) is 10.2. The summed E-state index contributed by atoms with van der Waals surface area (Å²) in [7, 11) is -3.62. The number of sulfonamides is 1. The molecule has 0 aromatic heterocycles. The van der Waals surface area contributed by atoms with Crippen LogP contribution in [0.4, 0.5) is 5.69 Å². The average Bonchev–Trinajstić information content (AvgIpc) is 2.98.